The van der Waals surface area contributed by atoms with Crippen LogP contribution >= 0.6 is 24.0 Å². The van der Waals surface area contributed by atoms with Crippen LogP contribution in [-0.4, -0.2) is 33.4 Å². The number of phenols is 1. The lowest BCUT2D eigenvalue weighted by Crippen LogP contribution is -2.43. The molecule has 0 saturated heterocycles. The third-order valence-corrected chi connectivity index (χ3v) is 4.33. The van der Waals surface area contributed by atoms with E-state index in [0.717, 1.165) is 24.4 Å². The zero-order valence-corrected chi connectivity index (χ0v) is 18.8. The number of nitrogens with one attached hydrogen (secondary N) is 2. The molecule has 2 rings (SSSR count). The van der Waals surface area contributed by atoms with E-state index in [1.165, 1.54) is 17.7 Å². The molecule has 6 nitrogen and oxygen atoms in total. The van der Waals surface area contributed by atoms with E-state index in [4.69, 9.17) is 0 Å². The van der Waals surface area contributed by atoms with Gasteiger partial charge in [0.2, 0.25) is 0 Å². The Hall–Kier alpha value is -1.84. The number of phenolic OH excluding ortho intramolecular Hbond substituents is 1. The largest absolute Gasteiger partial charge is 0.505 e. The number of hydrogen-bond donors (Lipinski definition) is 3. The highest BCUT2D eigenvalue weighted by Gasteiger charge is 2.14. The lowest BCUT2D eigenvalue weighted by molar-refractivity contribution is 0.432. The summed E-state index contributed by atoms with van der Waals surface area (Å²) in [5.41, 5.74) is 4.14. The number of rotatable bonds is 6. The van der Waals surface area contributed by atoms with Crippen molar-refractivity contribution in [3.8, 4) is 5.75 Å². The number of aromatic nitrogens is 2. The van der Waals surface area contributed by atoms with E-state index in [1.54, 1.807) is 6.07 Å². The van der Waals surface area contributed by atoms with Gasteiger partial charge in [0.05, 0.1) is 12.2 Å². The van der Waals surface area contributed by atoms with Crippen molar-refractivity contribution in [2.24, 2.45) is 12.0 Å². The number of halogens is 2. The molecule has 8 heteroatoms. The molecule has 0 fully saturated rings. The quantitative estimate of drug-likeness (QED) is 0.331. The average Bonchev–Trinajstić information content (AvgIpc) is 2.82. The van der Waals surface area contributed by atoms with Crippen molar-refractivity contribution in [2.45, 2.75) is 46.7 Å². The number of benzene rings is 1. The van der Waals surface area contributed by atoms with E-state index < -0.39 is 5.82 Å². The lowest BCUT2D eigenvalue weighted by atomic mass is 10.1. The number of aliphatic imine (C=N–C) groups is 1. The van der Waals surface area contributed by atoms with E-state index in [0.29, 0.717) is 18.1 Å². The van der Waals surface area contributed by atoms with E-state index in [2.05, 4.69) is 34.6 Å². The minimum absolute atomic E-state index is 0. The summed E-state index contributed by atoms with van der Waals surface area (Å²) in [6.07, 6.45) is 0.837. The third kappa shape index (κ3) is 6.37. The Morgan fingerprint density at radius 3 is 2.63 bits per heavy atom. The van der Waals surface area contributed by atoms with Gasteiger partial charge in [0.25, 0.3) is 0 Å². The summed E-state index contributed by atoms with van der Waals surface area (Å²) in [6.45, 7) is 9.24. The van der Waals surface area contributed by atoms with Gasteiger partial charge in [-0.05, 0) is 57.4 Å². The van der Waals surface area contributed by atoms with E-state index in [-0.39, 0.29) is 35.8 Å². The second-order valence-electron chi connectivity index (χ2n) is 6.50. The monoisotopic (exact) mass is 489 g/mol. The van der Waals surface area contributed by atoms with Crippen molar-refractivity contribution in [1.29, 1.82) is 0 Å². The summed E-state index contributed by atoms with van der Waals surface area (Å²) in [5.74, 6) is -0.308. The third-order valence-electron chi connectivity index (χ3n) is 4.33. The van der Waals surface area contributed by atoms with Crippen LogP contribution in [0.5, 0.6) is 5.75 Å². The van der Waals surface area contributed by atoms with Crippen LogP contribution in [0.25, 0.3) is 0 Å². The fourth-order valence-electron chi connectivity index (χ4n) is 2.84. The highest BCUT2D eigenvalue weighted by molar-refractivity contribution is 14.0. The molecule has 0 saturated carbocycles. The zero-order valence-electron chi connectivity index (χ0n) is 16.5. The Bertz CT molecular complexity index is 791. The molecule has 27 heavy (non-hydrogen) atoms. The van der Waals surface area contributed by atoms with Crippen molar-refractivity contribution in [1.82, 2.24) is 20.4 Å². The fraction of sp³-hybridized carbons (Fsp3) is 0.474. The number of guanidine groups is 1. The summed E-state index contributed by atoms with van der Waals surface area (Å²) < 4.78 is 15.3. The summed E-state index contributed by atoms with van der Waals surface area (Å²) in [4.78, 5) is 4.51. The molecule has 0 radical (unpaired) electrons. The Kier molecular flexibility index (Phi) is 9.01. The van der Waals surface area contributed by atoms with Gasteiger partial charge in [0.1, 0.15) is 0 Å². The van der Waals surface area contributed by atoms with Crippen LogP contribution in [0, 0.1) is 19.7 Å². The Balaban J connectivity index is 0.00000364. The molecule has 1 aromatic carbocycles. The van der Waals surface area contributed by atoms with Gasteiger partial charge < -0.3 is 15.7 Å². The molecule has 0 aliphatic heterocycles. The first-order valence-corrected chi connectivity index (χ1v) is 8.83. The highest BCUT2D eigenvalue weighted by Crippen LogP contribution is 2.17. The maximum Gasteiger partial charge on any atom is 0.191 e. The number of hydrogen-bond acceptors (Lipinski definition) is 3. The normalized spacial score (nSPS) is 12.4. The summed E-state index contributed by atoms with van der Waals surface area (Å²) >= 11 is 0. The Labute approximate surface area is 177 Å². The molecule has 1 atom stereocenters. The van der Waals surface area contributed by atoms with Gasteiger partial charge in [-0.15, -0.1) is 24.0 Å². The van der Waals surface area contributed by atoms with Crippen molar-refractivity contribution in [3.05, 3.63) is 46.5 Å². The minimum Gasteiger partial charge on any atom is -0.505 e. The number of aryl methyl sites for hydroxylation is 2. The zero-order chi connectivity index (χ0) is 19.3. The standard InChI is InChI=1S/C19H28FN5O.HI/c1-6-21-19(22-11-15-7-8-18(26)17(20)10-15)23-12(2)9-16-13(3)24-25(5)14(16)4;/h7-8,10,12,26H,6,9,11H2,1-5H3,(H2,21,22,23);1H. The molecule has 0 aliphatic carbocycles. The lowest BCUT2D eigenvalue weighted by Gasteiger charge is -2.18. The first kappa shape index (κ1) is 23.2. The number of nitrogens with zero attached hydrogens (tertiary/aromatic N) is 3. The van der Waals surface area contributed by atoms with Crippen LogP contribution in [-0.2, 0) is 20.0 Å². The molecule has 0 bridgehead atoms. The van der Waals surface area contributed by atoms with Gasteiger partial charge in [0, 0.05) is 25.3 Å². The predicted molar refractivity (Wildman–Crippen MR) is 117 cm³/mol. The highest BCUT2D eigenvalue weighted by atomic mass is 127. The van der Waals surface area contributed by atoms with Gasteiger partial charge in [-0.25, -0.2) is 9.38 Å². The second kappa shape index (κ2) is 10.5. The SMILES string of the molecule is CCNC(=NCc1ccc(O)c(F)c1)NC(C)Cc1c(C)nn(C)c1C.I. The van der Waals surface area contributed by atoms with Crippen LogP contribution < -0.4 is 10.6 Å². The number of aromatic hydroxyl groups is 1. The van der Waals surface area contributed by atoms with Crippen LogP contribution in [0.1, 0.15) is 36.4 Å². The van der Waals surface area contributed by atoms with Crippen molar-refractivity contribution < 1.29 is 9.50 Å². The van der Waals surface area contributed by atoms with Crippen LogP contribution in [0.4, 0.5) is 4.39 Å². The van der Waals surface area contributed by atoms with Gasteiger partial charge >= 0.3 is 0 Å². The van der Waals surface area contributed by atoms with Gasteiger partial charge in [-0.1, -0.05) is 6.07 Å². The van der Waals surface area contributed by atoms with Crippen molar-refractivity contribution >= 4 is 29.9 Å². The summed E-state index contributed by atoms with van der Waals surface area (Å²) in [6, 6.07) is 4.47. The van der Waals surface area contributed by atoms with Gasteiger partial charge in [-0.2, -0.15) is 5.10 Å². The molecule has 2 aromatic rings. The van der Waals surface area contributed by atoms with E-state index in [1.807, 2.05) is 25.6 Å². The van der Waals surface area contributed by atoms with Crippen LogP contribution in [0.2, 0.25) is 0 Å². The molecular weight excluding hydrogens is 460 g/mol. The molecule has 3 N–H and O–H groups in total. The first-order chi connectivity index (χ1) is 12.3. The maximum absolute atomic E-state index is 13.4. The van der Waals surface area contributed by atoms with E-state index >= 15 is 0 Å². The molecule has 0 spiro atoms. The second-order valence-corrected chi connectivity index (χ2v) is 6.50. The Morgan fingerprint density at radius 2 is 2.07 bits per heavy atom. The van der Waals surface area contributed by atoms with Crippen molar-refractivity contribution in [3.63, 3.8) is 0 Å². The van der Waals surface area contributed by atoms with Gasteiger partial charge in [-0.3, -0.25) is 4.68 Å². The van der Waals surface area contributed by atoms with Crippen LogP contribution in [0.15, 0.2) is 23.2 Å². The summed E-state index contributed by atoms with van der Waals surface area (Å²) in [7, 11) is 1.95. The molecule has 0 amide bonds. The maximum atomic E-state index is 13.4. The topological polar surface area (TPSA) is 74.5 Å². The predicted octanol–water partition coefficient (Wildman–Crippen LogP) is 3.19. The molecule has 150 valence electrons. The molecule has 1 heterocycles. The smallest absolute Gasteiger partial charge is 0.191 e. The fourth-order valence-corrected chi connectivity index (χ4v) is 2.84. The average molecular weight is 489 g/mol. The van der Waals surface area contributed by atoms with Crippen LogP contribution in [0.3, 0.4) is 0 Å². The molecular formula is C19H29FIN5O. The van der Waals surface area contributed by atoms with Crippen molar-refractivity contribution in [2.75, 3.05) is 6.54 Å². The minimum atomic E-state index is -0.633. The van der Waals surface area contributed by atoms with Gasteiger partial charge in [0.15, 0.2) is 17.5 Å². The first-order valence-electron chi connectivity index (χ1n) is 8.83. The Morgan fingerprint density at radius 1 is 1.37 bits per heavy atom. The molecule has 1 unspecified atom stereocenters. The van der Waals surface area contributed by atoms with E-state index in [9.17, 15) is 9.50 Å². The molecule has 1 aromatic heterocycles. The molecule has 0 aliphatic rings. The summed E-state index contributed by atoms with van der Waals surface area (Å²) in [5, 5.41) is 20.3.